The van der Waals surface area contributed by atoms with Gasteiger partial charge in [0.15, 0.2) is 0 Å². The molecule has 112 valence electrons. The van der Waals surface area contributed by atoms with Gasteiger partial charge in [-0.2, -0.15) is 0 Å². The Kier molecular flexibility index (Phi) is 4.43. The number of hydrogen-bond donors (Lipinski definition) is 1. The van der Waals surface area contributed by atoms with Gasteiger partial charge in [0.25, 0.3) is 0 Å². The van der Waals surface area contributed by atoms with Gasteiger partial charge >= 0.3 is 5.97 Å². The van der Waals surface area contributed by atoms with Gasteiger partial charge in [0.1, 0.15) is 16.8 Å². The van der Waals surface area contributed by atoms with Crippen LogP contribution in [0.2, 0.25) is 0 Å². The quantitative estimate of drug-likeness (QED) is 0.854. The second kappa shape index (κ2) is 6.10. The molecule has 1 heterocycles. The number of nitrogens with zero attached hydrogens (tertiary/aromatic N) is 1. The number of nitrogens with two attached hydrogens (primary N) is 1. The molecule has 0 aliphatic carbocycles. The first-order valence-corrected chi connectivity index (χ1v) is 6.80. The van der Waals surface area contributed by atoms with Crippen LogP contribution in [0, 0.1) is 6.92 Å². The SMILES string of the molecule is COC(=O)C(C)(N)CCOc1cccc2ccc(C)nc12. The smallest absolute Gasteiger partial charge is 0.325 e. The van der Waals surface area contributed by atoms with Crippen molar-refractivity contribution in [3.05, 3.63) is 36.0 Å². The maximum Gasteiger partial charge on any atom is 0.325 e. The Morgan fingerprint density at radius 1 is 1.33 bits per heavy atom. The van der Waals surface area contributed by atoms with E-state index in [1.165, 1.54) is 7.11 Å². The van der Waals surface area contributed by atoms with Gasteiger partial charge in [0.05, 0.1) is 13.7 Å². The maximum absolute atomic E-state index is 11.5. The monoisotopic (exact) mass is 288 g/mol. The highest BCUT2D eigenvalue weighted by Crippen LogP contribution is 2.24. The van der Waals surface area contributed by atoms with Crippen molar-refractivity contribution in [2.24, 2.45) is 5.73 Å². The van der Waals surface area contributed by atoms with Crippen molar-refractivity contribution < 1.29 is 14.3 Å². The Morgan fingerprint density at radius 3 is 2.81 bits per heavy atom. The first-order chi connectivity index (χ1) is 9.94. The number of carbonyl (C=O) groups is 1. The third-order valence-corrected chi connectivity index (χ3v) is 3.35. The van der Waals surface area contributed by atoms with Crippen LogP contribution in [0.4, 0.5) is 0 Å². The van der Waals surface area contributed by atoms with Gasteiger partial charge in [-0.25, -0.2) is 4.98 Å². The number of aromatic nitrogens is 1. The summed E-state index contributed by atoms with van der Waals surface area (Å²) in [5.41, 5.74) is 6.59. The van der Waals surface area contributed by atoms with Gasteiger partial charge in [-0.1, -0.05) is 18.2 Å². The predicted octanol–water partition coefficient (Wildman–Crippen LogP) is 2.20. The van der Waals surface area contributed by atoms with E-state index in [9.17, 15) is 4.79 Å². The summed E-state index contributed by atoms with van der Waals surface area (Å²) in [7, 11) is 1.33. The molecule has 0 radical (unpaired) electrons. The van der Waals surface area contributed by atoms with E-state index in [2.05, 4.69) is 9.72 Å². The van der Waals surface area contributed by atoms with Crippen LogP contribution in [0.25, 0.3) is 10.9 Å². The van der Waals surface area contributed by atoms with E-state index in [1.54, 1.807) is 6.92 Å². The van der Waals surface area contributed by atoms with E-state index in [0.29, 0.717) is 18.8 Å². The van der Waals surface area contributed by atoms with Crippen LogP contribution in [0.15, 0.2) is 30.3 Å². The minimum atomic E-state index is -1.05. The number of ether oxygens (including phenoxy) is 2. The van der Waals surface area contributed by atoms with Crippen molar-refractivity contribution in [2.45, 2.75) is 25.8 Å². The molecule has 2 aromatic rings. The summed E-state index contributed by atoms with van der Waals surface area (Å²) < 4.78 is 10.4. The molecular weight excluding hydrogens is 268 g/mol. The minimum absolute atomic E-state index is 0.316. The van der Waals surface area contributed by atoms with Gasteiger partial charge in [0, 0.05) is 17.5 Å². The van der Waals surface area contributed by atoms with E-state index in [4.69, 9.17) is 10.5 Å². The summed E-state index contributed by atoms with van der Waals surface area (Å²) in [5.74, 6) is 0.245. The standard InChI is InChI=1S/C16H20N2O3/c1-11-7-8-12-5-4-6-13(14(12)18-11)21-10-9-16(2,17)15(19)20-3/h4-8H,9-10,17H2,1-3H3. The molecule has 0 aliphatic rings. The molecule has 0 amide bonds. The predicted molar refractivity (Wildman–Crippen MR) is 81.2 cm³/mol. The molecule has 0 saturated carbocycles. The molecule has 2 N–H and O–H groups in total. The van der Waals surface area contributed by atoms with Gasteiger partial charge in [0.2, 0.25) is 0 Å². The Hall–Kier alpha value is -2.14. The number of pyridine rings is 1. The highest BCUT2D eigenvalue weighted by molar-refractivity contribution is 5.84. The normalized spacial score (nSPS) is 13.7. The number of methoxy groups -OCH3 is 1. The zero-order chi connectivity index (χ0) is 15.5. The lowest BCUT2D eigenvalue weighted by molar-refractivity contribution is -0.146. The molecule has 1 aromatic heterocycles. The van der Waals surface area contributed by atoms with E-state index >= 15 is 0 Å². The topological polar surface area (TPSA) is 74.4 Å². The van der Waals surface area contributed by atoms with Crippen molar-refractivity contribution in [1.29, 1.82) is 0 Å². The molecule has 1 atom stereocenters. The molecule has 21 heavy (non-hydrogen) atoms. The van der Waals surface area contributed by atoms with Crippen LogP contribution in [0.3, 0.4) is 0 Å². The van der Waals surface area contributed by atoms with Gasteiger partial charge < -0.3 is 15.2 Å². The number of benzene rings is 1. The zero-order valence-corrected chi connectivity index (χ0v) is 12.6. The summed E-state index contributed by atoms with van der Waals surface area (Å²) in [4.78, 5) is 16.0. The number of rotatable bonds is 5. The fourth-order valence-corrected chi connectivity index (χ4v) is 2.04. The molecule has 0 spiro atoms. The zero-order valence-electron chi connectivity index (χ0n) is 12.6. The number of carbonyl (C=O) groups excluding carboxylic acids is 1. The van der Waals surface area contributed by atoms with Crippen LogP contribution < -0.4 is 10.5 Å². The van der Waals surface area contributed by atoms with Crippen LogP contribution in [-0.4, -0.2) is 30.2 Å². The molecule has 5 heteroatoms. The highest BCUT2D eigenvalue weighted by Gasteiger charge is 2.29. The van der Waals surface area contributed by atoms with E-state index in [0.717, 1.165) is 16.6 Å². The summed E-state index contributed by atoms with van der Waals surface area (Å²) in [6.07, 6.45) is 0.363. The molecule has 0 saturated heterocycles. The Balaban J connectivity index is 2.11. The second-order valence-electron chi connectivity index (χ2n) is 5.29. The average molecular weight is 288 g/mol. The Morgan fingerprint density at radius 2 is 2.10 bits per heavy atom. The minimum Gasteiger partial charge on any atom is -0.491 e. The average Bonchev–Trinajstić information content (AvgIpc) is 2.46. The number of hydrogen-bond acceptors (Lipinski definition) is 5. The molecule has 0 fully saturated rings. The summed E-state index contributed by atoms with van der Waals surface area (Å²) in [6, 6.07) is 9.72. The Labute approximate surface area is 124 Å². The highest BCUT2D eigenvalue weighted by atomic mass is 16.5. The first kappa shape index (κ1) is 15.3. The molecule has 2 rings (SSSR count). The third-order valence-electron chi connectivity index (χ3n) is 3.35. The fraction of sp³-hybridized carbons (Fsp3) is 0.375. The summed E-state index contributed by atoms with van der Waals surface area (Å²) in [5, 5.41) is 1.02. The van der Waals surface area contributed by atoms with Crippen LogP contribution in [0.1, 0.15) is 19.0 Å². The lowest BCUT2D eigenvalue weighted by Crippen LogP contribution is -2.46. The first-order valence-electron chi connectivity index (χ1n) is 6.80. The number of aryl methyl sites for hydroxylation is 1. The Bertz CT molecular complexity index is 653. The molecule has 0 aliphatic heterocycles. The van der Waals surface area contributed by atoms with Crippen LogP contribution >= 0.6 is 0 Å². The van der Waals surface area contributed by atoms with Crippen molar-refractivity contribution in [3.8, 4) is 5.75 Å². The van der Waals surface area contributed by atoms with Crippen LogP contribution in [0.5, 0.6) is 5.75 Å². The number of esters is 1. The molecule has 5 nitrogen and oxygen atoms in total. The molecule has 1 unspecified atom stereocenters. The van der Waals surface area contributed by atoms with E-state index in [-0.39, 0.29) is 0 Å². The number of fused-ring (bicyclic) bond motifs is 1. The van der Waals surface area contributed by atoms with Crippen molar-refractivity contribution in [3.63, 3.8) is 0 Å². The van der Waals surface area contributed by atoms with Crippen molar-refractivity contribution in [2.75, 3.05) is 13.7 Å². The second-order valence-corrected chi connectivity index (χ2v) is 5.29. The largest absolute Gasteiger partial charge is 0.491 e. The number of para-hydroxylation sites is 1. The molecule has 0 bridgehead atoms. The molecular formula is C16H20N2O3. The van der Waals surface area contributed by atoms with Crippen LogP contribution in [-0.2, 0) is 9.53 Å². The van der Waals surface area contributed by atoms with Crippen molar-refractivity contribution in [1.82, 2.24) is 4.98 Å². The molecule has 1 aromatic carbocycles. The van der Waals surface area contributed by atoms with E-state index < -0.39 is 11.5 Å². The fourth-order valence-electron chi connectivity index (χ4n) is 2.04. The van der Waals surface area contributed by atoms with Gasteiger partial charge in [-0.15, -0.1) is 0 Å². The van der Waals surface area contributed by atoms with Gasteiger partial charge in [-0.05, 0) is 26.0 Å². The lowest BCUT2D eigenvalue weighted by atomic mass is 10.0. The van der Waals surface area contributed by atoms with Crippen molar-refractivity contribution >= 4 is 16.9 Å². The van der Waals surface area contributed by atoms with Gasteiger partial charge in [-0.3, -0.25) is 4.79 Å². The third kappa shape index (κ3) is 3.49. The maximum atomic E-state index is 11.5. The van der Waals surface area contributed by atoms with E-state index in [1.807, 2.05) is 37.3 Å². The summed E-state index contributed by atoms with van der Waals surface area (Å²) >= 11 is 0. The summed E-state index contributed by atoms with van der Waals surface area (Å²) in [6.45, 7) is 3.88. The lowest BCUT2D eigenvalue weighted by Gasteiger charge is -2.21.